The summed E-state index contributed by atoms with van der Waals surface area (Å²) in [5, 5.41) is 3.60. The first-order chi connectivity index (χ1) is 7.90. The number of benzene rings is 1. The number of nitrogens with one attached hydrogen (secondary N) is 1. The Balaban J connectivity index is 1.89. The van der Waals surface area contributed by atoms with Gasteiger partial charge in [-0.15, -0.1) is 0 Å². The molecule has 0 atom stereocenters. The summed E-state index contributed by atoms with van der Waals surface area (Å²) in [6, 6.07) is 9.29. The molecule has 88 valence electrons. The fourth-order valence-electron chi connectivity index (χ4n) is 1.95. The molecule has 0 bridgehead atoms. The Labute approximate surface area is 98.0 Å². The number of hydrogen-bond donors (Lipinski definition) is 1. The Hall–Kier alpha value is -0.860. The lowest BCUT2D eigenvalue weighted by molar-refractivity contribution is 0.133. The van der Waals surface area contributed by atoms with Crippen LogP contribution < -0.4 is 5.32 Å². The van der Waals surface area contributed by atoms with Crippen molar-refractivity contribution < 1.29 is 4.74 Å². The van der Waals surface area contributed by atoms with Gasteiger partial charge in [0.1, 0.15) is 0 Å². The first-order valence-corrected chi connectivity index (χ1v) is 6.28. The molecule has 2 heteroatoms. The van der Waals surface area contributed by atoms with Crippen molar-refractivity contribution in [2.24, 2.45) is 0 Å². The van der Waals surface area contributed by atoms with Crippen LogP contribution in [0.3, 0.4) is 0 Å². The van der Waals surface area contributed by atoms with E-state index in [-0.39, 0.29) is 0 Å². The van der Waals surface area contributed by atoms with Crippen LogP contribution >= 0.6 is 0 Å². The van der Waals surface area contributed by atoms with E-state index in [9.17, 15) is 0 Å². The first kappa shape index (κ1) is 11.6. The number of hydrogen-bond acceptors (Lipinski definition) is 2. The zero-order valence-electron chi connectivity index (χ0n) is 10.0. The molecular formula is C14H21NO. The van der Waals surface area contributed by atoms with E-state index >= 15 is 0 Å². The van der Waals surface area contributed by atoms with Crippen molar-refractivity contribution in [2.45, 2.75) is 45.4 Å². The predicted molar refractivity (Wildman–Crippen MR) is 66.3 cm³/mol. The predicted octanol–water partition coefficient (Wildman–Crippen LogP) is 2.87. The molecule has 16 heavy (non-hydrogen) atoms. The van der Waals surface area contributed by atoms with E-state index in [1.54, 1.807) is 0 Å². The van der Waals surface area contributed by atoms with Gasteiger partial charge in [-0.25, -0.2) is 0 Å². The average molecular weight is 219 g/mol. The van der Waals surface area contributed by atoms with Gasteiger partial charge >= 0.3 is 0 Å². The molecule has 2 nitrogen and oxygen atoms in total. The van der Waals surface area contributed by atoms with Crippen molar-refractivity contribution in [3.05, 3.63) is 35.4 Å². The Bertz CT molecular complexity index is 320. The van der Waals surface area contributed by atoms with Gasteiger partial charge in [0.15, 0.2) is 0 Å². The van der Waals surface area contributed by atoms with Crippen LogP contribution in [0.25, 0.3) is 0 Å². The van der Waals surface area contributed by atoms with Crippen molar-refractivity contribution in [1.82, 2.24) is 5.32 Å². The normalized spacial score (nSPS) is 16.1. The van der Waals surface area contributed by atoms with E-state index in [0.29, 0.717) is 0 Å². The van der Waals surface area contributed by atoms with Gasteiger partial charge < -0.3 is 10.1 Å². The van der Waals surface area contributed by atoms with Crippen LogP contribution in [0, 0.1) is 0 Å². The minimum absolute atomic E-state index is 0.735. The standard InChI is InChI=1S/C14H21NO/c1-2-16-11-13-7-4-3-6-12(13)10-15-14-8-5-9-14/h3-4,6-7,14-15H,2,5,8-11H2,1H3. The summed E-state index contributed by atoms with van der Waals surface area (Å²) >= 11 is 0. The zero-order valence-corrected chi connectivity index (χ0v) is 10.0. The second-order valence-electron chi connectivity index (χ2n) is 4.41. The highest BCUT2D eigenvalue weighted by Crippen LogP contribution is 2.19. The Morgan fingerprint density at radius 2 is 2.00 bits per heavy atom. The molecule has 0 radical (unpaired) electrons. The highest BCUT2D eigenvalue weighted by atomic mass is 16.5. The van der Waals surface area contributed by atoms with Gasteiger partial charge in [0.25, 0.3) is 0 Å². The average Bonchev–Trinajstić information content (AvgIpc) is 2.26. The topological polar surface area (TPSA) is 21.3 Å². The van der Waals surface area contributed by atoms with Crippen molar-refractivity contribution in [1.29, 1.82) is 0 Å². The summed E-state index contributed by atoms with van der Waals surface area (Å²) in [5.74, 6) is 0. The smallest absolute Gasteiger partial charge is 0.0719 e. The SMILES string of the molecule is CCOCc1ccccc1CNC1CCC1. The molecule has 1 fully saturated rings. The van der Waals surface area contributed by atoms with Crippen LogP contribution in [0.1, 0.15) is 37.3 Å². The third-order valence-electron chi connectivity index (χ3n) is 3.27. The summed E-state index contributed by atoms with van der Waals surface area (Å²) in [6.07, 6.45) is 4.07. The quantitative estimate of drug-likeness (QED) is 0.794. The molecule has 0 heterocycles. The Morgan fingerprint density at radius 1 is 1.25 bits per heavy atom. The van der Waals surface area contributed by atoms with Gasteiger partial charge in [0.2, 0.25) is 0 Å². The molecule has 1 N–H and O–H groups in total. The molecule has 1 aromatic carbocycles. The van der Waals surface area contributed by atoms with E-state index in [2.05, 4.69) is 29.6 Å². The summed E-state index contributed by atoms with van der Waals surface area (Å²) < 4.78 is 5.48. The van der Waals surface area contributed by atoms with Crippen LogP contribution in [-0.2, 0) is 17.9 Å². The number of ether oxygens (including phenoxy) is 1. The van der Waals surface area contributed by atoms with Gasteiger partial charge in [-0.2, -0.15) is 0 Å². The molecule has 0 spiro atoms. The van der Waals surface area contributed by atoms with E-state index < -0.39 is 0 Å². The maximum Gasteiger partial charge on any atom is 0.0719 e. The molecular weight excluding hydrogens is 198 g/mol. The lowest BCUT2D eigenvalue weighted by Gasteiger charge is -2.27. The van der Waals surface area contributed by atoms with E-state index in [1.165, 1.54) is 30.4 Å². The molecule has 0 amide bonds. The fourth-order valence-corrected chi connectivity index (χ4v) is 1.95. The first-order valence-electron chi connectivity index (χ1n) is 6.28. The minimum Gasteiger partial charge on any atom is -0.377 e. The zero-order chi connectivity index (χ0) is 11.2. The van der Waals surface area contributed by atoms with E-state index in [0.717, 1.165) is 25.8 Å². The second-order valence-corrected chi connectivity index (χ2v) is 4.41. The molecule has 1 aliphatic rings. The molecule has 0 saturated heterocycles. The lowest BCUT2D eigenvalue weighted by atomic mass is 9.93. The Kier molecular flexibility index (Phi) is 4.37. The highest BCUT2D eigenvalue weighted by molar-refractivity contribution is 5.26. The molecule has 2 rings (SSSR count). The van der Waals surface area contributed by atoms with E-state index in [4.69, 9.17) is 4.74 Å². The summed E-state index contributed by atoms with van der Waals surface area (Å²) in [4.78, 5) is 0. The molecule has 0 aliphatic heterocycles. The van der Waals surface area contributed by atoms with Gasteiger partial charge in [0, 0.05) is 19.2 Å². The van der Waals surface area contributed by atoms with Gasteiger partial charge in [-0.05, 0) is 30.9 Å². The minimum atomic E-state index is 0.735. The molecule has 1 aliphatic carbocycles. The second kappa shape index (κ2) is 6.02. The fraction of sp³-hybridized carbons (Fsp3) is 0.571. The summed E-state index contributed by atoms with van der Waals surface area (Å²) in [5.41, 5.74) is 2.69. The van der Waals surface area contributed by atoms with Crippen LogP contribution in [0.5, 0.6) is 0 Å². The monoisotopic (exact) mass is 219 g/mol. The maximum absolute atomic E-state index is 5.48. The largest absolute Gasteiger partial charge is 0.377 e. The third-order valence-corrected chi connectivity index (χ3v) is 3.27. The number of rotatable bonds is 6. The van der Waals surface area contributed by atoms with Crippen molar-refractivity contribution in [2.75, 3.05) is 6.61 Å². The van der Waals surface area contributed by atoms with E-state index in [1.807, 2.05) is 6.92 Å². The summed E-state index contributed by atoms with van der Waals surface area (Å²) in [6.45, 7) is 4.53. The van der Waals surface area contributed by atoms with Gasteiger partial charge in [0.05, 0.1) is 6.61 Å². The Morgan fingerprint density at radius 3 is 2.62 bits per heavy atom. The molecule has 0 aromatic heterocycles. The van der Waals surface area contributed by atoms with Crippen molar-refractivity contribution in [3.63, 3.8) is 0 Å². The van der Waals surface area contributed by atoms with Crippen LogP contribution in [0.2, 0.25) is 0 Å². The van der Waals surface area contributed by atoms with Gasteiger partial charge in [-0.3, -0.25) is 0 Å². The lowest BCUT2D eigenvalue weighted by Crippen LogP contribution is -2.34. The van der Waals surface area contributed by atoms with Crippen molar-refractivity contribution >= 4 is 0 Å². The molecule has 1 saturated carbocycles. The van der Waals surface area contributed by atoms with Crippen LogP contribution in [0.4, 0.5) is 0 Å². The molecule has 0 unspecified atom stereocenters. The van der Waals surface area contributed by atoms with Crippen LogP contribution in [-0.4, -0.2) is 12.6 Å². The maximum atomic E-state index is 5.48. The van der Waals surface area contributed by atoms with Crippen molar-refractivity contribution in [3.8, 4) is 0 Å². The molecule has 1 aromatic rings. The van der Waals surface area contributed by atoms with Crippen LogP contribution in [0.15, 0.2) is 24.3 Å². The third kappa shape index (κ3) is 3.06. The highest BCUT2D eigenvalue weighted by Gasteiger charge is 2.16. The van der Waals surface area contributed by atoms with Gasteiger partial charge in [-0.1, -0.05) is 30.7 Å². The summed E-state index contributed by atoms with van der Waals surface area (Å²) in [7, 11) is 0.